The van der Waals surface area contributed by atoms with Crippen molar-refractivity contribution in [2.45, 2.75) is 18.9 Å². The van der Waals surface area contributed by atoms with Gasteiger partial charge in [-0.1, -0.05) is 48.5 Å². The number of para-hydroxylation sites is 1. The van der Waals surface area contributed by atoms with Crippen LogP contribution in [0.4, 0.5) is 0 Å². The molecule has 1 fully saturated rings. The lowest BCUT2D eigenvalue weighted by Gasteiger charge is -2.31. The van der Waals surface area contributed by atoms with E-state index in [9.17, 15) is 9.59 Å². The smallest absolute Gasteiger partial charge is 0.289 e. The maximum Gasteiger partial charge on any atom is 0.289 e. The van der Waals surface area contributed by atoms with E-state index in [0.29, 0.717) is 37.4 Å². The second-order valence-electron chi connectivity index (χ2n) is 7.26. The zero-order valence-corrected chi connectivity index (χ0v) is 16.6. The monoisotopic (exact) mass is 404 g/mol. The molecule has 6 heteroatoms. The van der Waals surface area contributed by atoms with Crippen molar-refractivity contribution in [1.82, 2.24) is 10.2 Å². The Morgan fingerprint density at radius 3 is 2.43 bits per heavy atom. The minimum atomic E-state index is -0.159. The molecule has 0 radical (unpaired) electrons. The van der Waals surface area contributed by atoms with Gasteiger partial charge in [0.05, 0.1) is 6.26 Å². The number of piperidine rings is 1. The largest absolute Gasteiger partial charge is 0.483 e. The van der Waals surface area contributed by atoms with Gasteiger partial charge in [-0.25, -0.2) is 0 Å². The number of rotatable bonds is 6. The molecular weight excluding hydrogens is 380 g/mol. The Labute approximate surface area is 175 Å². The van der Waals surface area contributed by atoms with Gasteiger partial charge in [0.15, 0.2) is 12.4 Å². The van der Waals surface area contributed by atoms with Crippen LogP contribution in [0.25, 0.3) is 11.1 Å². The van der Waals surface area contributed by atoms with Crippen LogP contribution >= 0.6 is 0 Å². The van der Waals surface area contributed by atoms with Gasteiger partial charge in [0, 0.05) is 24.7 Å². The first-order chi connectivity index (χ1) is 14.7. The molecule has 6 nitrogen and oxygen atoms in total. The van der Waals surface area contributed by atoms with E-state index >= 15 is 0 Å². The van der Waals surface area contributed by atoms with Gasteiger partial charge in [-0.15, -0.1) is 0 Å². The summed E-state index contributed by atoms with van der Waals surface area (Å²) in [5, 5.41) is 3.02. The molecular formula is C24H24N2O4. The first-order valence-corrected chi connectivity index (χ1v) is 10.1. The van der Waals surface area contributed by atoms with Crippen molar-refractivity contribution >= 4 is 11.8 Å². The van der Waals surface area contributed by atoms with Crippen LogP contribution in [0, 0.1) is 0 Å². The van der Waals surface area contributed by atoms with Crippen molar-refractivity contribution in [1.29, 1.82) is 0 Å². The van der Waals surface area contributed by atoms with E-state index in [4.69, 9.17) is 9.15 Å². The number of hydrogen-bond donors (Lipinski definition) is 1. The van der Waals surface area contributed by atoms with Crippen LogP contribution in [0.3, 0.4) is 0 Å². The minimum absolute atomic E-state index is 0.0334. The molecule has 0 bridgehead atoms. The number of hydrogen-bond acceptors (Lipinski definition) is 4. The molecule has 1 aliphatic heterocycles. The molecule has 0 aliphatic carbocycles. The third-order valence-electron chi connectivity index (χ3n) is 5.21. The molecule has 0 spiro atoms. The standard InChI is InChI=1S/C24H24N2O4/c27-23(17-30-21-10-5-4-9-20(21)18-7-2-1-3-8-18)25-19-12-14-26(15-13-19)24(28)22-11-6-16-29-22/h1-11,16,19H,12-15,17H2,(H,25,27). The highest BCUT2D eigenvalue weighted by molar-refractivity contribution is 5.91. The van der Waals surface area contributed by atoms with Gasteiger partial charge >= 0.3 is 0 Å². The minimum Gasteiger partial charge on any atom is -0.483 e. The van der Waals surface area contributed by atoms with E-state index in [1.165, 1.54) is 6.26 Å². The predicted octanol–water partition coefficient (Wildman–Crippen LogP) is 3.75. The number of carbonyl (C=O) groups excluding carboxylic acids is 2. The van der Waals surface area contributed by atoms with E-state index in [1.54, 1.807) is 17.0 Å². The van der Waals surface area contributed by atoms with Gasteiger partial charge < -0.3 is 19.4 Å². The van der Waals surface area contributed by atoms with E-state index in [1.807, 2.05) is 54.6 Å². The molecule has 2 heterocycles. The number of ether oxygens (including phenoxy) is 1. The molecule has 1 saturated heterocycles. The molecule has 2 aromatic carbocycles. The van der Waals surface area contributed by atoms with Gasteiger partial charge in [-0.2, -0.15) is 0 Å². The second kappa shape index (κ2) is 9.31. The molecule has 0 saturated carbocycles. The van der Waals surface area contributed by atoms with Crippen LogP contribution in [0.1, 0.15) is 23.4 Å². The number of carbonyl (C=O) groups is 2. The summed E-state index contributed by atoms with van der Waals surface area (Å²) in [6.45, 7) is 1.12. The molecule has 2 amide bonds. The lowest BCUT2D eigenvalue weighted by atomic mass is 10.0. The lowest BCUT2D eigenvalue weighted by molar-refractivity contribution is -0.124. The summed E-state index contributed by atoms with van der Waals surface area (Å²) in [7, 11) is 0. The molecule has 0 atom stereocenters. The Balaban J connectivity index is 1.27. The van der Waals surface area contributed by atoms with E-state index in [0.717, 1.165) is 11.1 Å². The first kappa shape index (κ1) is 19.8. The Kier molecular flexibility index (Phi) is 6.13. The van der Waals surface area contributed by atoms with Crippen LogP contribution in [0.15, 0.2) is 77.4 Å². The van der Waals surface area contributed by atoms with Crippen LogP contribution < -0.4 is 10.1 Å². The summed E-state index contributed by atoms with van der Waals surface area (Å²) in [5.41, 5.74) is 2.00. The van der Waals surface area contributed by atoms with Gasteiger partial charge in [0.1, 0.15) is 5.75 Å². The first-order valence-electron chi connectivity index (χ1n) is 10.1. The molecule has 3 aromatic rings. The van der Waals surface area contributed by atoms with Gasteiger partial charge in [0.2, 0.25) is 0 Å². The van der Waals surface area contributed by atoms with E-state index < -0.39 is 0 Å². The topological polar surface area (TPSA) is 71.8 Å². The highest BCUT2D eigenvalue weighted by atomic mass is 16.5. The van der Waals surface area contributed by atoms with E-state index in [-0.39, 0.29) is 24.5 Å². The van der Waals surface area contributed by atoms with Crippen LogP contribution in [0.2, 0.25) is 0 Å². The summed E-state index contributed by atoms with van der Waals surface area (Å²) in [6, 6.07) is 21.0. The Hall–Kier alpha value is -3.54. The SMILES string of the molecule is O=C(COc1ccccc1-c1ccccc1)NC1CCN(C(=O)c2ccco2)CC1. The van der Waals surface area contributed by atoms with Crippen molar-refractivity contribution in [3.63, 3.8) is 0 Å². The number of nitrogens with one attached hydrogen (secondary N) is 1. The lowest BCUT2D eigenvalue weighted by Crippen LogP contribution is -2.47. The molecule has 1 aromatic heterocycles. The fourth-order valence-electron chi connectivity index (χ4n) is 3.64. The molecule has 1 aliphatic rings. The van der Waals surface area contributed by atoms with Crippen molar-refractivity contribution in [3.8, 4) is 16.9 Å². The zero-order chi connectivity index (χ0) is 20.8. The molecule has 30 heavy (non-hydrogen) atoms. The van der Waals surface area contributed by atoms with Crippen molar-refractivity contribution in [3.05, 3.63) is 78.8 Å². The summed E-state index contributed by atoms with van der Waals surface area (Å²) in [6.07, 6.45) is 2.91. The van der Waals surface area contributed by atoms with E-state index in [2.05, 4.69) is 5.32 Å². The molecule has 4 rings (SSSR count). The summed E-state index contributed by atoms with van der Waals surface area (Å²) < 4.78 is 11.0. The fraction of sp³-hybridized carbons (Fsp3) is 0.250. The average Bonchev–Trinajstić information content (AvgIpc) is 3.34. The highest BCUT2D eigenvalue weighted by Gasteiger charge is 2.25. The highest BCUT2D eigenvalue weighted by Crippen LogP contribution is 2.29. The van der Waals surface area contributed by atoms with Crippen LogP contribution in [-0.4, -0.2) is 42.5 Å². The van der Waals surface area contributed by atoms with Crippen LogP contribution in [-0.2, 0) is 4.79 Å². The average molecular weight is 404 g/mol. The molecule has 1 N–H and O–H groups in total. The normalized spacial score (nSPS) is 14.3. The maximum atomic E-state index is 12.4. The Bertz CT molecular complexity index is 977. The van der Waals surface area contributed by atoms with Gasteiger partial charge in [0.25, 0.3) is 11.8 Å². The third-order valence-corrected chi connectivity index (χ3v) is 5.21. The summed E-state index contributed by atoms with van der Waals surface area (Å²) in [5.74, 6) is 0.764. The second-order valence-corrected chi connectivity index (χ2v) is 7.26. The Morgan fingerprint density at radius 2 is 1.70 bits per heavy atom. The van der Waals surface area contributed by atoms with Gasteiger partial charge in [-0.3, -0.25) is 9.59 Å². The van der Waals surface area contributed by atoms with Crippen molar-refractivity contribution in [2.24, 2.45) is 0 Å². The summed E-state index contributed by atoms with van der Waals surface area (Å²) >= 11 is 0. The fourth-order valence-corrected chi connectivity index (χ4v) is 3.64. The Morgan fingerprint density at radius 1 is 0.967 bits per heavy atom. The number of nitrogens with zero attached hydrogens (tertiary/aromatic N) is 1. The van der Waals surface area contributed by atoms with Crippen molar-refractivity contribution in [2.75, 3.05) is 19.7 Å². The zero-order valence-electron chi connectivity index (χ0n) is 16.6. The van der Waals surface area contributed by atoms with Gasteiger partial charge in [-0.05, 0) is 36.6 Å². The van der Waals surface area contributed by atoms with Crippen molar-refractivity contribution < 1.29 is 18.7 Å². The number of benzene rings is 2. The summed E-state index contributed by atoms with van der Waals surface area (Å²) in [4.78, 5) is 26.5. The quantitative estimate of drug-likeness (QED) is 0.679. The number of furan rings is 1. The maximum absolute atomic E-state index is 12.4. The predicted molar refractivity (Wildman–Crippen MR) is 113 cm³/mol. The van der Waals surface area contributed by atoms with Crippen LogP contribution in [0.5, 0.6) is 5.75 Å². The number of amides is 2. The molecule has 154 valence electrons. The number of likely N-dealkylation sites (tertiary alicyclic amines) is 1. The third kappa shape index (κ3) is 4.71. The molecule has 0 unspecified atom stereocenters.